The Morgan fingerprint density at radius 3 is 2.95 bits per heavy atom. The van der Waals surface area contributed by atoms with Gasteiger partial charge in [0.15, 0.2) is 0 Å². The number of nitro groups is 1. The van der Waals surface area contributed by atoms with Crippen molar-refractivity contribution >= 4 is 5.69 Å². The van der Waals surface area contributed by atoms with Crippen molar-refractivity contribution in [2.45, 2.75) is 18.4 Å². The Morgan fingerprint density at radius 2 is 2.30 bits per heavy atom. The minimum absolute atomic E-state index is 0.181. The summed E-state index contributed by atoms with van der Waals surface area (Å²) in [5, 5.41) is 14.2. The van der Waals surface area contributed by atoms with Crippen molar-refractivity contribution in [3.63, 3.8) is 0 Å². The van der Waals surface area contributed by atoms with Crippen molar-refractivity contribution in [1.29, 1.82) is 0 Å². The van der Waals surface area contributed by atoms with Gasteiger partial charge in [-0.05, 0) is 13.0 Å². The van der Waals surface area contributed by atoms with Crippen molar-refractivity contribution in [3.8, 4) is 0 Å². The van der Waals surface area contributed by atoms with E-state index in [0.29, 0.717) is 26.1 Å². The second kappa shape index (κ2) is 6.78. The van der Waals surface area contributed by atoms with Crippen LogP contribution in [0, 0.1) is 10.1 Å². The fraction of sp³-hybridized carbons (Fsp3) is 0.571. The molecule has 0 bridgehead atoms. The lowest BCUT2D eigenvalue weighted by Gasteiger charge is -2.26. The van der Waals surface area contributed by atoms with Crippen molar-refractivity contribution in [1.82, 2.24) is 5.32 Å². The highest BCUT2D eigenvalue weighted by Crippen LogP contribution is 2.21. The minimum atomic E-state index is -0.337. The molecule has 6 heteroatoms. The van der Waals surface area contributed by atoms with Gasteiger partial charge in [-0.15, -0.1) is 0 Å². The van der Waals surface area contributed by atoms with Crippen LogP contribution in [0.3, 0.4) is 0 Å². The zero-order chi connectivity index (χ0) is 14.4. The largest absolute Gasteiger partial charge is 0.378 e. The number of nitrogens with zero attached hydrogens (tertiary/aromatic N) is 1. The zero-order valence-electron chi connectivity index (χ0n) is 11.6. The number of ether oxygens (including phenoxy) is 2. The Morgan fingerprint density at radius 1 is 1.50 bits per heavy atom. The molecule has 1 aliphatic heterocycles. The standard InChI is InChI=1S/C14H20N2O4/c1-19-14(7-9-20-11-14)10-15-8-6-12-4-2-3-5-13(12)16(17)18/h2-5,15H,6-11H2,1H3. The molecule has 20 heavy (non-hydrogen) atoms. The van der Waals surface area contributed by atoms with Crippen molar-refractivity contribution in [2.24, 2.45) is 0 Å². The lowest BCUT2D eigenvalue weighted by atomic mass is 10.0. The number of hydrogen-bond donors (Lipinski definition) is 1. The van der Waals surface area contributed by atoms with Crippen LogP contribution in [-0.2, 0) is 15.9 Å². The lowest BCUT2D eigenvalue weighted by Crippen LogP contribution is -2.43. The summed E-state index contributed by atoms with van der Waals surface area (Å²) in [6.07, 6.45) is 1.50. The molecule has 0 aliphatic carbocycles. The van der Waals surface area contributed by atoms with Crippen LogP contribution in [0.2, 0.25) is 0 Å². The lowest BCUT2D eigenvalue weighted by molar-refractivity contribution is -0.385. The van der Waals surface area contributed by atoms with Gasteiger partial charge in [-0.3, -0.25) is 10.1 Å². The second-order valence-corrected chi connectivity index (χ2v) is 5.00. The summed E-state index contributed by atoms with van der Waals surface area (Å²) in [5.74, 6) is 0. The molecule has 0 amide bonds. The summed E-state index contributed by atoms with van der Waals surface area (Å²) in [6.45, 7) is 2.70. The average Bonchev–Trinajstić information content (AvgIpc) is 2.93. The maximum atomic E-state index is 10.9. The Balaban J connectivity index is 1.83. The van der Waals surface area contributed by atoms with E-state index >= 15 is 0 Å². The van der Waals surface area contributed by atoms with Gasteiger partial charge in [0.1, 0.15) is 5.60 Å². The Kier molecular flexibility index (Phi) is 5.05. The number of para-hydroxylation sites is 1. The molecule has 1 aromatic carbocycles. The van der Waals surface area contributed by atoms with Crippen molar-refractivity contribution < 1.29 is 14.4 Å². The summed E-state index contributed by atoms with van der Waals surface area (Å²) in [6, 6.07) is 6.84. The number of benzene rings is 1. The summed E-state index contributed by atoms with van der Waals surface area (Å²) in [7, 11) is 1.69. The molecule has 1 fully saturated rings. The molecule has 0 spiro atoms. The fourth-order valence-corrected chi connectivity index (χ4v) is 2.40. The number of nitrogens with one attached hydrogen (secondary N) is 1. The molecule has 1 atom stereocenters. The zero-order valence-corrected chi connectivity index (χ0v) is 11.6. The first-order valence-electron chi connectivity index (χ1n) is 6.73. The predicted octanol–water partition coefficient (Wildman–Crippen LogP) is 1.53. The summed E-state index contributed by atoms with van der Waals surface area (Å²) >= 11 is 0. The average molecular weight is 280 g/mol. The predicted molar refractivity (Wildman–Crippen MR) is 74.8 cm³/mol. The smallest absolute Gasteiger partial charge is 0.272 e. The quantitative estimate of drug-likeness (QED) is 0.466. The van der Waals surface area contributed by atoms with Crippen LogP contribution >= 0.6 is 0 Å². The SMILES string of the molecule is COC1(CNCCc2ccccc2[N+](=O)[O-])CCOC1. The van der Waals surface area contributed by atoms with E-state index in [1.54, 1.807) is 19.2 Å². The normalized spacial score (nSPS) is 22.1. The Labute approximate surface area is 118 Å². The molecule has 1 aromatic rings. The van der Waals surface area contributed by atoms with Crippen LogP contribution < -0.4 is 5.32 Å². The summed E-state index contributed by atoms with van der Waals surface area (Å²) < 4.78 is 10.9. The highest BCUT2D eigenvalue weighted by molar-refractivity contribution is 5.39. The molecule has 110 valence electrons. The van der Waals surface area contributed by atoms with Crippen LogP contribution in [0.15, 0.2) is 24.3 Å². The maximum absolute atomic E-state index is 10.9. The van der Waals surface area contributed by atoms with Gasteiger partial charge >= 0.3 is 0 Å². The van der Waals surface area contributed by atoms with Crippen LogP contribution in [-0.4, -0.2) is 43.9 Å². The highest BCUT2D eigenvalue weighted by Gasteiger charge is 2.34. The van der Waals surface area contributed by atoms with E-state index in [4.69, 9.17) is 9.47 Å². The van der Waals surface area contributed by atoms with Gasteiger partial charge in [0, 0.05) is 38.3 Å². The van der Waals surface area contributed by atoms with E-state index in [-0.39, 0.29) is 16.2 Å². The number of rotatable bonds is 7. The van der Waals surface area contributed by atoms with Gasteiger partial charge in [0.25, 0.3) is 5.69 Å². The molecule has 0 saturated carbocycles. The second-order valence-electron chi connectivity index (χ2n) is 5.00. The molecular formula is C14H20N2O4. The van der Waals surface area contributed by atoms with Crippen LogP contribution in [0.1, 0.15) is 12.0 Å². The Bertz CT molecular complexity index is 458. The van der Waals surface area contributed by atoms with Gasteiger partial charge in [-0.25, -0.2) is 0 Å². The molecule has 0 radical (unpaired) electrons. The fourth-order valence-electron chi connectivity index (χ4n) is 2.40. The van der Waals surface area contributed by atoms with E-state index in [1.165, 1.54) is 6.07 Å². The third-order valence-corrected chi connectivity index (χ3v) is 3.71. The molecular weight excluding hydrogens is 260 g/mol. The molecule has 6 nitrogen and oxygen atoms in total. The first-order valence-corrected chi connectivity index (χ1v) is 6.73. The van der Waals surface area contributed by atoms with Gasteiger partial charge in [-0.1, -0.05) is 18.2 Å². The van der Waals surface area contributed by atoms with Crippen LogP contribution in [0.5, 0.6) is 0 Å². The van der Waals surface area contributed by atoms with Gasteiger partial charge in [0.05, 0.1) is 11.5 Å². The van der Waals surface area contributed by atoms with Crippen molar-refractivity contribution in [3.05, 3.63) is 39.9 Å². The van der Waals surface area contributed by atoms with Gasteiger partial charge < -0.3 is 14.8 Å². The molecule has 1 saturated heterocycles. The third-order valence-electron chi connectivity index (χ3n) is 3.71. The van der Waals surface area contributed by atoms with Crippen molar-refractivity contribution in [2.75, 3.05) is 33.4 Å². The molecule has 1 unspecified atom stereocenters. The summed E-state index contributed by atoms with van der Waals surface area (Å²) in [5.41, 5.74) is 0.682. The van der Waals surface area contributed by atoms with Crippen LogP contribution in [0.4, 0.5) is 5.69 Å². The van der Waals surface area contributed by atoms with E-state index in [9.17, 15) is 10.1 Å². The van der Waals surface area contributed by atoms with Gasteiger partial charge in [0.2, 0.25) is 0 Å². The molecule has 1 N–H and O–H groups in total. The number of nitro benzene ring substituents is 1. The van der Waals surface area contributed by atoms with E-state index in [0.717, 1.165) is 18.6 Å². The first kappa shape index (κ1) is 14.9. The third kappa shape index (κ3) is 3.53. The molecule has 1 heterocycles. The van der Waals surface area contributed by atoms with E-state index in [1.807, 2.05) is 6.07 Å². The minimum Gasteiger partial charge on any atom is -0.378 e. The molecule has 2 rings (SSSR count). The number of hydrogen-bond acceptors (Lipinski definition) is 5. The molecule has 1 aliphatic rings. The van der Waals surface area contributed by atoms with E-state index < -0.39 is 0 Å². The maximum Gasteiger partial charge on any atom is 0.272 e. The van der Waals surface area contributed by atoms with Crippen LogP contribution in [0.25, 0.3) is 0 Å². The Hall–Kier alpha value is -1.50. The van der Waals surface area contributed by atoms with Gasteiger partial charge in [-0.2, -0.15) is 0 Å². The van der Waals surface area contributed by atoms with E-state index in [2.05, 4.69) is 5.32 Å². The topological polar surface area (TPSA) is 73.6 Å². The highest BCUT2D eigenvalue weighted by atomic mass is 16.6. The summed E-state index contributed by atoms with van der Waals surface area (Å²) in [4.78, 5) is 10.6. The first-order chi connectivity index (χ1) is 9.67. The molecule has 0 aromatic heterocycles. The number of methoxy groups -OCH3 is 1. The monoisotopic (exact) mass is 280 g/mol.